The van der Waals surface area contributed by atoms with Crippen molar-refractivity contribution in [3.05, 3.63) is 71.3 Å². The van der Waals surface area contributed by atoms with Crippen molar-refractivity contribution in [2.24, 2.45) is 5.41 Å². The Bertz CT molecular complexity index is 1280. The minimum Gasteiger partial charge on any atom is -0.490 e. The van der Waals surface area contributed by atoms with Crippen LogP contribution in [0.5, 0.6) is 11.5 Å². The number of rotatable bonds is 8. The third-order valence-corrected chi connectivity index (χ3v) is 7.12. The number of ether oxygens (including phenoxy) is 4. The standard InChI is InChI=1S/C29H32FO6P/c1-18-15-25(36-28(30)37)23(26(31)33-3)16-24(18)35-21-11-13-29(2,14-12-21)27(32)34-17-20-9-6-8-19-7-4-5-10-22(19)20/h4-10,15-16,21,28H,11-14,17,37H2,1-3H3/t21-,28?,29+. The number of hydrogen-bond donors (Lipinski definition) is 0. The summed E-state index contributed by atoms with van der Waals surface area (Å²) in [6.07, 6.45) is 0.753. The first-order valence-electron chi connectivity index (χ1n) is 12.3. The quantitative estimate of drug-likeness (QED) is 0.246. The molecule has 0 amide bonds. The summed E-state index contributed by atoms with van der Waals surface area (Å²) in [4.78, 5) is 25.3. The van der Waals surface area contributed by atoms with Crippen molar-refractivity contribution in [3.63, 3.8) is 0 Å². The molecule has 0 spiro atoms. The highest BCUT2D eigenvalue weighted by atomic mass is 31.0. The first kappa shape index (κ1) is 26.9. The van der Waals surface area contributed by atoms with Gasteiger partial charge < -0.3 is 18.9 Å². The highest BCUT2D eigenvalue weighted by Gasteiger charge is 2.39. The maximum absolute atomic E-state index is 13.4. The van der Waals surface area contributed by atoms with Crippen LogP contribution in [0.2, 0.25) is 0 Å². The number of methoxy groups -OCH3 is 1. The Kier molecular flexibility index (Phi) is 8.33. The van der Waals surface area contributed by atoms with Gasteiger partial charge in [-0.25, -0.2) is 4.79 Å². The molecule has 3 aromatic rings. The second-order valence-electron chi connectivity index (χ2n) is 9.67. The SMILES string of the molecule is COC(=O)c1cc(O[C@H]2CC[C@@](C)(C(=O)OCc3cccc4ccccc34)CC2)c(C)cc1OC(F)P. The molecular formula is C29H32FO6P. The summed E-state index contributed by atoms with van der Waals surface area (Å²) in [5.41, 5.74) is 1.18. The van der Waals surface area contributed by atoms with Gasteiger partial charge in [-0.05, 0) is 73.6 Å². The molecule has 1 fully saturated rings. The molecule has 1 aliphatic carbocycles. The van der Waals surface area contributed by atoms with E-state index in [0.29, 0.717) is 37.0 Å². The van der Waals surface area contributed by atoms with E-state index >= 15 is 0 Å². The van der Waals surface area contributed by atoms with Crippen LogP contribution in [0.15, 0.2) is 54.6 Å². The number of benzene rings is 3. The summed E-state index contributed by atoms with van der Waals surface area (Å²) in [5, 5.41) is 2.20. The molecule has 196 valence electrons. The second kappa shape index (κ2) is 11.5. The lowest BCUT2D eigenvalue weighted by Gasteiger charge is -2.35. The number of hydrogen-bond acceptors (Lipinski definition) is 6. The Labute approximate surface area is 218 Å². The van der Waals surface area contributed by atoms with E-state index in [1.807, 2.05) is 58.6 Å². The predicted octanol–water partition coefficient (Wildman–Crippen LogP) is 6.51. The lowest BCUT2D eigenvalue weighted by atomic mass is 9.74. The van der Waals surface area contributed by atoms with Crippen LogP contribution in [-0.2, 0) is 20.9 Å². The average Bonchev–Trinajstić information content (AvgIpc) is 2.89. The molecule has 6 nitrogen and oxygen atoms in total. The number of aryl methyl sites for hydroxylation is 1. The number of carbonyl (C=O) groups is 2. The van der Waals surface area contributed by atoms with E-state index in [-0.39, 0.29) is 30.0 Å². The Morgan fingerprint density at radius 1 is 1.08 bits per heavy atom. The molecule has 37 heavy (non-hydrogen) atoms. The fraction of sp³-hybridized carbons (Fsp3) is 0.379. The van der Waals surface area contributed by atoms with Crippen molar-refractivity contribution < 1.29 is 32.9 Å². The number of esters is 2. The molecule has 0 bridgehead atoms. The highest BCUT2D eigenvalue weighted by Crippen LogP contribution is 2.40. The van der Waals surface area contributed by atoms with Crippen molar-refractivity contribution >= 4 is 32.0 Å². The first-order chi connectivity index (χ1) is 17.7. The van der Waals surface area contributed by atoms with E-state index in [2.05, 4.69) is 0 Å². The fourth-order valence-electron chi connectivity index (χ4n) is 4.74. The van der Waals surface area contributed by atoms with Gasteiger partial charge in [-0.3, -0.25) is 4.79 Å². The van der Waals surface area contributed by atoms with Gasteiger partial charge in [0.1, 0.15) is 23.7 Å². The van der Waals surface area contributed by atoms with Gasteiger partial charge in [0, 0.05) is 0 Å². The zero-order valence-corrected chi connectivity index (χ0v) is 22.4. The first-order valence-corrected chi connectivity index (χ1v) is 13.0. The van der Waals surface area contributed by atoms with E-state index in [0.717, 1.165) is 16.3 Å². The summed E-state index contributed by atoms with van der Waals surface area (Å²) in [6.45, 7) is 3.98. The van der Waals surface area contributed by atoms with Crippen LogP contribution >= 0.6 is 9.24 Å². The van der Waals surface area contributed by atoms with Gasteiger partial charge in [0.15, 0.2) is 0 Å². The number of halogens is 1. The van der Waals surface area contributed by atoms with Crippen molar-refractivity contribution in [2.75, 3.05) is 7.11 Å². The summed E-state index contributed by atoms with van der Waals surface area (Å²) < 4.78 is 35.3. The lowest BCUT2D eigenvalue weighted by molar-refractivity contribution is -0.159. The van der Waals surface area contributed by atoms with E-state index in [1.54, 1.807) is 13.0 Å². The molecule has 0 N–H and O–H groups in total. The normalized spacial score (nSPS) is 20.2. The van der Waals surface area contributed by atoms with Gasteiger partial charge in [0.05, 0.1) is 18.6 Å². The van der Waals surface area contributed by atoms with Crippen LogP contribution in [0.3, 0.4) is 0 Å². The van der Waals surface area contributed by atoms with Crippen molar-refractivity contribution in [1.82, 2.24) is 0 Å². The van der Waals surface area contributed by atoms with Gasteiger partial charge in [0.2, 0.25) is 6.10 Å². The van der Waals surface area contributed by atoms with Crippen molar-refractivity contribution in [3.8, 4) is 11.5 Å². The second-order valence-corrected chi connectivity index (χ2v) is 10.2. The van der Waals surface area contributed by atoms with Crippen molar-refractivity contribution in [2.45, 2.75) is 58.3 Å². The van der Waals surface area contributed by atoms with E-state index in [4.69, 9.17) is 18.9 Å². The lowest BCUT2D eigenvalue weighted by Crippen LogP contribution is -2.37. The molecule has 0 radical (unpaired) electrons. The van der Waals surface area contributed by atoms with Crippen LogP contribution in [0.4, 0.5) is 4.39 Å². The van der Waals surface area contributed by atoms with Gasteiger partial charge in [-0.2, -0.15) is 4.39 Å². The highest BCUT2D eigenvalue weighted by molar-refractivity contribution is 7.16. The van der Waals surface area contributed by atoms with Gasteiger partial charge in [-0.15, -0.1) is 0 Å². The average molecular weight is 527 g/mol. The monoisotopic (exact) mass is 526 g/mol. The van der Waals surface area contributed by atoms with Crippen LogP contribution < -0.4 is 9.47 Å². The maximum atomic E-state index is 13.4. The molecule has 0 saturated heterocycles. The molecular weight excluding hydrogens is 494 g/mol. The molecule has 2 atom stereocenters. The Morgan fingerprint density at radius 3 is 2.49 bits per heavy atom. The molecule has 4 rings (SSSR count). The molecule has 1 aliphatic rings. The minimum absolute atomic E-state index is 0.0874. The molecule has 0 heterocycles. The smallest absolute Gasteiger partial charge is 0.341 e. The minimum atomic E-state index is -1.66. The number of carbonyl (C=O) groups excluding carboxylic acids is 2. The number of alkyl halides is 1. The molecule has 2 unspecified atom stereocenters. The topological polar surface area (TPSA) is 71.1 Å². The summed E-state index contributed by atoms with van der Waals surface area (Å²) >= 11 is 0. The van der Waals surface area contributed by atoms with Crippen LogP contribution in [-0.4, -0.2) is 31.3 Å². The van der Waals surface area contributed by atoms with Crippen LogP contribution in [0.1, 0.15) is 54.1 Å². The molecule has 0 aliphatic heterocycles. The Balaban J connectivity index is 1.39. The Hall–Kier alpha value is -3.18. The third kappa shape index (κ3) is 6.22. The molecule has 8 heteroatoms. The van der Waals surface area contributed by atoms with Crippen LogP contribution in [0, 0.1) is 12.3 Å². The summed E-state index contributed by atoms with van der Waals surface area (Å²) in [7, 11) is 3.14. The third-order valence-electron chi connectivity index (χ3n) is 6.98. The molecule has 3 aromatic carbocycles. The molecule has 1 saturated carbocycles. The molecule has 0 aromatic heterocycles. The summed E-state index contributed by atoms with van der Waals surface area (Å²) in [5.74, 6) is -0.262. The zero-order valence-electron chi connectivity index (χ0n) is 21.3. The van der Waals surface area contributed by atoms with E-state index in [1.165, 1.54) is 13.2 Å². The van der Waals surface area contributed by atoms with Crippen molar-refractivity contribution in [1.29, 1.82) is 0 Å². The maximum Gasteiger partial charge on any atom is 0.341 e. The van der Waals surface area contributed by atoms with E-state index in [9.17, 15) is 14.0 Å². The van der Waals surface area contributed by atoms with Crippen LogP contribution in [0.25, 0.3) is 10.8 Å². The van der Waals surface area contributed by atoms with Gasteiger partial charge in [-0.1, -0.05) is 51.7 Å². The predicted molar refractivity (Wildman–Crippen MR) is 142 cm³/mol. The largest absolute Gasteiger partial charge is 0.490 e. The number of fused-ring (bicyclic) bond motifs is 1. The van der Waals surface area contributed by atoms with E-state index < -0.39 is 17.5 Å². The Morgan fingerprint density at radius 2 is 1.78 bits per heavy atom. The summed E-state index contributed by atoms with van der Waals surface area (Å²) in [6, 6.07) is 17.1. The van der Waals surface area contributed by atoms with Gasteiger partial charge in [0.25, 0.3) is 0 Å². The fourth-order valence-corrected chi connectivity index (χ4v) is 4.89. The zero-order chi connectivity index (χ0) is 26.6. The van der Waals surface area contributed by atoms with Gasteiger partial charge >= 0.3 is 11.9 Å².